The van der Waals surface area contributed by atoms with Crippen molar-refractivity contribution >= 4 is 33.2 Å². The lowest BCUT2D eigenvalue weighted by Crippen LogP contribution is -2.40. The molecule has 1 heterocycles. The molecule has 0 bridgehead atoms. The normalized spacial score (nSPS) is 22.4. The van der Waals surface area contributed by atoms with Crippen molar-refractivity contribution in [2.24, 2.45) is 5.92 Å². The molecule has 29 heavy (non-hydrogen) atoms. The average molecular weight is 443 g/mol. The minimum Gasteiger partial charge on any atom is -0.504 e. The second kappa shape index (κ2) is 8.16. The fourth-order valence-electron chi connectivity index (χ4n) is 3.82. The summed E-state index contributed by atoms with van der Waals surface area (Å²) in [6.45, 7) is 6.00. The number of phenols is 1. The van der Waals surface area contributed by atoms with E-state index in [4.69, 9.17) is 16.3 Å². The van der Waals surface area contributed by atoms with Crippen molar-refractivity contribution in [3.63, 3.8) is 0 Å². The Hall–Kier alpha value is -1.77. The lowest BCUT2D eigenvalue weighted by Gasteiger charge is -2.31. The van der Waals surface area contributed by atoms with Gasteiger partial charge in [-0.3, -0.25) is 0 Å². The number of hydrogen-bond donors (Lipinski definition) is 3. The van der Waals surface area contributed by atoms with Crippen LogP contribution >= 0.6 is 11.6 Å². The van der Waals surface area contributed by atoms with E-state index in [2.05, 4.69) is 16.7 Å². The number of ether oxygens (including phenoxy) is 1. The van der Waals surface area contributed by atoms with Crippen LogP contribution in [0, 0.1) is 5.92 Å². The largest absolute Gasteiger partial charge is 0.504 e. The van der Waals surface area contributed by atoms with Crippen LogP contribution in [0.15, 0.2) is 28.7 Å². The summed E-state index contributed by atoms with van der Waals surface area (Å²) in [7, 11) is -4.02. The van der Waals surface area contributed by atoms with E-state index in [1.165, 1.54) is 12.1 Å². The number of phenolic OH excluding ortho intramolecular Hbond substituents is 1. The van der Waals surface area contributed by atoms with Crippen LogP contribution < -0.4 is 10.6 Å². The van der Waals surface area contributed by atoms with Crippen molar-refractivity contribution in [2.75, 3.05) is 18.5 Å². The van der Waals surface area contributed by atoms with E-state index in [0.29, 0.717) is 19.6 Å². The second-order valence-corrected chi connectivity index (χ2v) is 11.0. The van der Waals surface area contributed by atoms with Crippen LogP contribution in [0.4, 0.5) is 10.5 Å². The Labute approximate surface area is 176 Å². The third-order valence-corrected chi connectivity index (χ3v) is 9.08. The van der Waals surface area contributed by atoms with Gasteiger partial charge >= 0.3 is 6.03 Å². The molecule has 0 spiro atoms. The number of amides is 2. The van der Waals surface area contributed by atoms with Crippen molar-refractivity contribution in [3.05, 3.63) is 28.8 Å². The van der Waals surface area contributed by atoms with Gasteiger partial charge < -0.3 is 20.5 Å². The van der Waals surface area contributed by atoms with Crippen LogP contribution in [0.25, 0.3) is 0 Å². The van der Waals surface area contributed by atoms with E-state index in [-0.39, 0.29) is 27.6 Å². The number of carbonyl (C=O) groups is 1. The van der Waals surface area contributed by atoms with Crippen LogP contribution in [-0.4, -0.2) is 43.6 Å². The number of rotatable bonds is 5. The van der Waals surface area contributed by atoms with E-state index < -0.39 is 26.4 Å². The molecule has 1 aliphatic carbocycles. The summed E-state index contributed by atoms with van der Waals surface area (Å²) in [6, 6.07) is 2.16. The smallest absolute Gasteiger partial charge is 0.319 e. The maximum Gasteiger partial charge on any atom is 0.319 e. The van der Waals surface area contributed by atoms with Crippen LogP contribution in [0.1, 0.15) is 40.0 Å². The van der Waals surface area contributed by atoms with Gasteiger partial charge in [-0.25, -0.2) is 13.2 Å². The van der Waals surface area contributed by atoms with Crippen LogP contribution in [0.2, 0.25) is 5.02 Å². The summed E-state index contributed by atoms with van der Waals surface area (Å²) >= 11 is 6.19. The first-order valence-corrected chi connectivity index (χ1v) is 11.5. The number of aromatic hydroxyl groups is 1. The molecule has 1 aromatic carbocycles. The standard InChI is InChI=1S/C20H27ClN2O5S/c1-12-5-4-6-15(12)22-19(25)23-16-8-7-14(21)18(17(16)24)29(26,27)20(2,3)13-9-10-28-11-13/h5,7-8,13,15,24H,4,6,9-11H2,1-3H3,(H2,22,23,25). The van der Waals surface area contributed by atoms with E-state index in [0.717, 1.165) is 18.4 Å². The highest BCUT2D eigenvalue weighted by atomic mass is 35.5. The molecule has 3 N–H and O–H groups in total. The first-order chi connectivity index (χ1) is 13.6. The zero-order chi connectivity index (χ0) is 21.4. The highest BCUT2D eigenvalue weighted by Gasteiger charge is 2.46. The molecule has 160 valence electrons. The molecule has 3 rings (SSSR count). The van der Waals surface area contributed by atoms with Gasteiger partial charge in [-0.2, -0.15) is 0 Å². The maximum absolute atomic E-state index is 13.4. The molecule has 1 aliphatic heterocycles. The lowest BCUT2D eigenvalue weighted by atomic mass is 9.94. The maximum atomic E-state index is 13.4. The van der Waals surface area contributed by atoms with Crippen molar-refractivity contribution < 1.29 is 23.1 Å². The van der Waals surface area contributed by atoms with E-state index >= 15 is 0 Å². The Morgan fingerprint density at radius 3 is 2.62 bits per heavy atom. The fraction of sp³-hybridized carbons (Fsp3) is 0.550. The summed E-state index contributed by atoms with van der Waals surface area (Å²) in [4.78, 5) is 12.0. The third kappa shape index (κ3) is 4.11. The van der Waals surface area contributed by atoms with Crippen LogP contribution in [0.5, 0.6) is 5.75 Å². The Morgan fingerprint density at radius 2 is 2.03 bits per heavy atom. The average Bonchev–Trinajstić information content (AvgIpc) is 3.30. The predicted molar refractivity (Wildman–Crippen MR) is 112 cm³/mol. The monoisotopic (exact) mass is 442 g/mol. The third-order valence-electron chi connectivity index (χ3n) is 5.98. The Morgan fingerprint density at radius 1 is 1.31 bits per heavy atom. The number of nitrogens with one attached hydrogen (secondary N) is 2. The van der Waals surface area contributed by atoms with Gasteiger partial charge in [0.05, 0.1) is 28.1 Å². The highest BCUT2D eigenvalue weighted by molar-refractivity contribution is 7.93. The molecule has 7 nitrogen and oxygen atoms in total. The van der Waals surface area contributed by atoms with Gasteiger partial charge in [0.1, 0.15) is 4.90 Å². The molecule has 1 fully saturated rings. The summed E-state index contributed by atoms with van der Waals surface area (Å²) in [5, 5.41) is 16.0. The SMILES string of the molecule is CC1=CCCC1NC(=O)Nc1ccc(Cl)c(S(=O)(=O)C(C)(C)C2CCOC2)c1O. The molecule has 2 aliphatic rings. The molecular formula is C20H27ClN2O5S. The van der Waals surface area contributed by atoms with E-state index in [1.54, 1.807) is 13.8 Å². The second-order valence-electron chi connectivity index (χ2n) is 8.12. The first kappa shape index (κ1) is 21.9. The number of hydrogen-bond acceptors (Lipinski definition) is 5. The zero-order valence-corrected chi connectivity index (χ0v) is 18.4. The molecule has 9 heteroatoms. The number of halogens is 1. The fourth-order valence-corrected chi connectivity index (χ4v) is 6.12. The van der Waals surface area contributed by atoms with Gasteiger partial charge in [0.2, 0.25) is 0 Å². The van der Waals surface area contributed by atoms with Crippen molar-refractivity contribution in [1.29, 1.82) is 0 Å². The Bertz CT molecular complexity index is 936. The minimum absolute atomic E-state index is 0.0106. The first-order valence-electron chi connectivity index (χ1n) is 9.63. The Balaban J connectivity index is 1.88. The van der Waals surface area contributed by atoms with E-state index in [9.17, 15) is 18.3 Å². The van der Waals surface area contributed by atoms with Crippen LogP contribution in [-0.2, 0) is 14.6 Å². The van der Waals surface area contributed by atoms with Crippen molar-refractivity contribution in [1.82, 2.24) is 5.32 Å². The zero-order valence-electron chi connectivity index (χ0n) is 16.8. The van der Waals surface area contributed by atoms with Crippen molar-refractivity contribution in [2.45, 2.75) is 55.7 Å². The minimum atomic E-state index is -4.02. The molecule has 2 amide bonds. The molecule has 0 aromatic heterocycles. The highest BCUT2D eigenvalue weighted by Crippen LogP contribution is 2.44. The Kier molecular flexibility index (Phi) is 6.17. The van der Waals surface area contributed by atoms with Crippen LogP contribution in [0.3, 0.4) is 0 Å². The summed E-state index contributed by atoms with van der Waals surface area (Å²) in [5.74, 6) is -0.779. The number of anilines is 1. The van der Waals surface area contributed by atoms with Gasteiger partial charge in [0.15, 0.2) is 15.6 Å². The van der Waals surface area contributed by atoms with Gasteiger partial charge in [0.25, 0.3) is 0 Å². The molecule has 2 unspecified atom stereocenters. The molecule has 1 aromatic rings. The number of sulfone groups is 1. The van der Waals surface area contributed by atoms with E-state index in [1.807, 2.05) is 6.92 Å². The topological polar surface area (TPSA) is 105 Å². The number of allylic oxidation sites excluding steroid dienone is 1. The van der Waals surface area contributed by atoms with Gasteiger partial charge in [0, 0.05) is 12.5 Å². The molecular weight excluding hydrogens is 416 g/mol. The number of urea groups is 1. The molecule has 0 saturated carbocycles. The molecule has 2 atom stereocenters. The summed E-state index contributed by atoms with van der Waals surface area (Å²) in [6.07, 6.45) is 4.37. The van der Waals surface area contributed by atoms with Gasteiger partial charge in [-0.05, 0) is 52.2 Å². The quantitative estimate of drug-likeness (QED) is 0.474. The van der Waals surface area contributed by atoms with Crippen molar-refractivity contribution in [3.8, 4) is 5.75 Å². The van der Waals surface area contributed by atoms with Gasteiger partial charge in [-0.1, -0.05) is 23.3 Å². The number of benzene rings is 1. The molecule has 0 radical (unpaired) electrons. The predicted octanol–water partition coefficient (Wildman–Crippen LogP) is 3.86. The summed E-state index contributed by atoms with van der Waals surface area (Å²) < 4.78 is 31.0. The molecule has 1 saturated heterocycles. The van der Waals surface area contributed by atoms with Gasteiger partial charge in [-0.15, -0.1) is 0 Å². The lowest BCUT2D eigenvalue weighted by molar-refractivity contribution is 0.179. The number of carbonyl (C=O) groups excluding carboxylic acids is 1. The summed E-state index contributed by atoms with van der Waals surface area (Å²) in [5.41, 5.74) is 1.06.